The Morgan fingerprint density at radius 2 is 2.23 bits per heavy atom. The van der Waals surface area contributed by atoms with Crippen LogP contribution in [0.5, 0.6) is 0 Å². The van der Waals surface area contributed by atoms with Crippen molar-refractivity contribution in [1.82, 2.24) is 0 Å². The predicted octanol–water partition coefficient (Wildman–Crippen LogP) is -1.72. The van der Waals surface area contributed by atoms with Gasteiger partial charge in [0.05, 0.1) is 0 Å². The fourth-order valence-electron chi connectivity index (χ4n) is 0.561. The molecular formula is C5H3BF3KN2O. The van der Waals surface area contributed by atoms with Crippen LogP contribution in [0.25, 0.3) is 5.32 Å². The van der Waals surface area contributed by atoms with Crippen LogP contribution in [0.1, 0.15) is 0 Å². The molecule has 0 aromatic carbocycles. The molecule has 1 rings (SSSR count). The summed E-state index contributed by atoms with van der Waals surface area (Å²) >= 11 is 0. The van der Waals surface area contributed by atoms with Crippen LogP contribution in [-0.4, -0.2) is 27.0 Å². The molecule has 1 unspecified atom stereocenters. The molecule has 0 bridgehead atoms. The molecule has 0 fully saturated rings. The normalized spacial score (nSPS) is 21.5. The van der Waals surface area contributed by atoms with E-state index in [2.05, 4.69) is 15.0 Å². The molecule has 0 N–H and O–H groups in total. The minimum absolute atomic E-state index is 0. The molecule has 64 valence electrons. The number of aliphatic imine (C=N–C) groups is 1. The van der Waals surface area contributed by atoms with Crippen molar-refractivity contribution in [3.63, 3.8) is 0 Å². The topological polar surface area (TPSA) is 35.7 Å². The fraction of sp³-hybridized carbons (Fsp3) is 0.400. The number of alkyl halides is 2. The van der Waals surface area contributed by atoms with Gasteiger partial charge in [0.2, 0.25) is 6.86 Å². The van der Waals surface area contributed by atoms with E-state index in [1.165, 1.54) is 0 Å². The van der Waals surface area contributed by atoms with Crippen molar-refractivity contribution in [2.24, 2.45) is 4.99 Å². The van der Waals surface area contributed by atoms with Crippen LogP contribution in [0.2, 0.25) is 0 Å². The van der Waals surface area contributed by atoms with E-state index in [-0.39, 0.29) is 51.4 Å². The fourth-order valence-corrected chi connectivity index (χ4v) is 0.561. The van der Waals surface area contributed by atoms with Crippen molar-refractivity contribution in [3.8, 4) is 0 Å². The van der Waals surface area contributed by atoms with Gasteiger partial charge in [-0.25, -0.2) is 13.2 Å². The first kappa shape index (κ1) is 13.5. The molecule has 0 amide bonds. The Hall–Kier alpha value is 0.501. The van der Waals surface area contributed by atoms with Crippen LogP contribution in [-0.2, 0) is 4.74 Å². The monoisotopic (exact) mass is 214 g/mol. The first-order valence-corrected chi connectivity index (χ1v) is 2.92. The average Bonchev–Trinajstić information content (AvgIpc) is 2.01. The largest absolute Gasteiger partial charge is 1.00 e. The van der Waals surface area contributed by atoms with E-state index in [1.54, 1.807) is 0 Å². The van der Waals surface area contributed by atoms with Gasteiger partial charge in [-0.15, -0.1) is 0 Å². The smallest absolute Gasteiger partial charge is 0.470 e. The zero-order valence-electron chi connectivity index (χ0n) is 6.80. The molecule has 1 heterocycles. The Bertz CT molecular complexity index is 248. The van der Waals surface area contributed by atoms with Crippen LogP contribution < -0.4 is 51.4 Å². The van der Waals surface area contributed by atoms with Crippen LogP contribution in [0, 0.1) is 0 Å². The minimum Gasteiger partial charge on any atom is -0.470 e. The summed E-state index contributed by atoms with van der Waals surface area (Å²) in [7, 11) is 4.86. The van der Waals surface area contributed by atoms with Crippen molar-refractivity contribution in [3.05, 3.63) is 16.7 Å². The Labute approximate surface area is 117 Å². The first-order chi connectivity index (χ1) is 5.65. The molecule has 0 aromatic rings. The van der Waals surface area contributed by atoms with Crippen molar-refractivity contribution >= 4 is 13.9 Å². The molecule has 13 heavy (non-hydrogen) atoms. The first-order valence-electron chi connectivity index (χ1n) is 2.92. The van der Waals surface area contributed by atoms with Gasteiger partial charge in [-0.05, 0) is 0 Å². The molecule has 2 radical (unpaired) electrons. The number of nitrogens with zero attached hydrogens (tertiary/aromatic N) is 2. The summed E-state index contributed by atoms with van der Waals surface area (Å²) < 4.78 is 40.5. The zero-order valence-corrected chi connectivity index (χ0v) is 9.92. The standard InChI is InChI=1S/C5H3BF3N2O.K/c6-2-3(8)10-5(12-1-7)11-4(2)9;/h3H,1H2;/q-1;+1. The van der Waals surface area contributed by atoms with Crippen molar-refractivity contribution in [2.75, 3.05) is 6.86 Å². The predicted molar refractivity (Wildman–Crippen MR) is 36.6 cm³/mol. The van der Waals surface area contributed by atoms with Crippen LogP contribution in [0.3, 0.4) is 0 Å². The van der Waals surface area contributed by atoms with Gasteiger partial charge in [0, 0.05) is 0 Å². The summed E-state index contributed by atoms with van der Waals surface area (Å²) in [4.78, 5) is 2.94. The summed E-state index contributed by atoms with van der Waals surface area (Å²) in [5.74, 6) is -1.24. The second kappa shape index (κ2) is 6.07. The number of rotatable bonds is 1. The van der Waals surface area contributed by atoms with E-state index in [4.69, 9.17) is 7.85 Å². The Morgan fingerprint density at radius 3 is 2.69 bits per heavy atom. The van der Waals surface area contributed by atoms with Crippen LogP contribution in [0.4, 0.5) is 13.2 Å². The van der Waals surface area contributed by atoms with E-state index in [0.29, 0.717) is 0 Å². The summed E-state index contributed by atoms with van der Waals surface area (Å²) in [5.41, 5.74) is -0.735. The molecule has 0 aromatic heterocycles. The van der Waals surface area contributed by atoms with E-state index in [1.807, 2.05) is 0 Å². The van der Waals surface area contributed by atoms with Crippen LogP contribution >= 0.6 is 0 Å². The Balaban J connectivity index is 0.00000144. The maximum Gasteiger partial charge on any atom is 1.00 e. The van der Waals surface area contributed by atoms with Gasteiger partial charge in [0.15, 0.2) is 0 Å². The van der Waals surface area contributed by atoms with Crippen molar-refractivity contribution in [1.29, 1.82) is 0 Å². The number of hydrogen-bond donors (Lipinski definition) is 0. The zero-order chi connectivity index (χ0) is 9.14. The Morgan fingerprint density at radius 1 is 1.62 bits per heavy atom. The molecule has 1 aliphatic heterocycles. The molecule has 3 nitrogen and oxygen atoms in total. The SMILES string of the molecule is [B]C1=C(F)N=C(OCF)[N-]C1F.[K+]. The van der Waals surface area contributed by atoms with E-state index in [9.17, 15) is 13.2 Å². The van der Waals surface area contributed by atoms with Gasteiger partial charge >= 0.3 is 51.4 Å². The minimum atomic E-state index is -2.05. The summed E-state index contributed by atoms with van der Waals surface area (Å²) in [6.45, 7) is -1.25. The van der Waals surface area contributed by atoms with E-state index in [0.717, 1.165) is 0 Å². The van der Waals surface area contributed by atoms with E-state index < -0.39 is 30.6 Å². The third-order valence-corrected chi connectivity index (χ3v) is 1.10. The summed E-state index contributed by atoms with van der Waals surface area (Å²) in [6, 6.07) is -0.684. The average molecular weight is 214 g/mol. The maximum atomic E-state index is 12.5. The molecule has 1 atom stereocenters. The number of ether oxygens (including phenoxy) is 1. The van der Waals surface area contributed by atoms with Gasteiger partial charge in [0.1, 0.15) is 26.1 Å². The van der Waals surface area contributed by atoms with Gasteiger partial charge in [-0.3, -0.25) is 0 Å². The molecule has 0 saturated carbocycles. The molecule has 0 aliphatic carbocycles. The van der Waals surface area contributed by atoms with Gasteiger partial charge in [0.25, 0.3) is 0 Å². The quantitative estimate of drug-likeness (QED) is 0.377. The number of hydrogen-bond acceptors (Lipinski definition) is 2. The second-order valence-electron chi connectivity index (χ2n) is 1.86. The maximum absolute atomic E-state index is 12.5. The van der Waals surface area contributed by atoms with E-state index >= 15 is 0 Å². The third-order valence-electron chi connectivity index (χ3n) is 1.10. The number of amidine groups is 1. The van der Waals surface area contributed by atoms with Gasteiger partial charge in [-0.1, -0.05) is 5.47 Å². The second-order valence-corrected chi connectivity index (χ2v) is 1.86. The molecule has 0 saturated heterocycles. The molecule has 8 heteroatoms. The van der Waals surface area contributed by atoms with Crippen molar-refractivity contribution in [2.45, 2.75) is 6.30 Å². The van der Waals surface area contributed by atoms with Gasteiger partial charge < -0.3 is 15.0 Å². The summed E-state index contributed by atoms with van der Waals surface area (Å²) in [6.07, 6.45) is -2.05. The molecular weight excluding hydrogens is 211 g/mol. The van der Waals surface area contributed by atoms with Gasteiger partial charge in [-0.2, -0.15) is 0 Å². The van der Waals surface area contributed by atoms with Crippen LogP contribution in [0.15, 0.2) is 16.4 Å². The van der Waals surface area contributed by atoms with Crippen molar-refractivity contribution < 1.29 is 69.3 Å². The molecule has 0 spiro atoms. The Kier molecular flexibility index (Phi) is 6.31. The summed E-state index contributed by atoms with van der Waals surface area (Å²) in [5, 5.41) is 3.00. The number of halogens is 3. The third kappa shape index (κ3) is 3.63. The molecule has 1 aliphatic rings.